The predicted molar refractivity (Wildman–Crippen MR) is 106 cm³/mol. The van der Waals surface area contributed by atoms with E-state index in [2.05, 4.69) is 11.1 Å². The number of hydrogen-bond acceptors (Lipinski definition) is 6. The number of carboxylic acids is 1. The number of rotatable bonds is 3. The summed E-state index contributed by atoms with van der Waals surface area (Å²) >= 11 is 0. The molecular formula is C23H16N3NaO4. The fourth-order valence-electron chi connectivity index (χ4n) is 4.74. The number of hydrogen-bond donors (Lipinski definition) is 1. The fraction of sp³-hybridized carbons (Fsp3) is 0.217. The first-order chi connectivity index (χ1) is 14.4. The number of amides is 1. The molecule has 3 unspecified atom stereocenters. The fourth-order valence-corrected chi connectivity index (χ4v) is 4.74. The monoisotopic (exact) mass is 421 g/mol. The first kappa shape index (κ1) is 21.5. The van der Waals surface area contributed by atoms with Crippen LogP contribution in [0.1, 0.15) is 24.6 Å². The van der Waals surface area contributed by atoms with Crippen molar-refractivity contribution in [2.75, 3.05) is 0 Å². The standard InChI is InChI=1S/C23H17N3O4.Na/c1-11(27)20-19-9-15(21(23(29)30)26(19)22(20)28)12-6-7-17-16(8-12)13-4-2-3-5-14(13)18(10-24)25-17;/h2-8,11,19-20,27H,9H2,1H3,(H,29,30);/q;+1/p-1. The third-order valence-corrected chi connectivity index (χ3v) is 6.08. The third kappa shape index (κ3) is 3.07. The smallest absolute Gasteiger partial charge is 0.543 e. The summed E-state index contributed by atoms with van der Waals surface area (Å²) in [5, 5.41) is 33.6. The van der Waals surface area contributed by atoms with Gasteiger partial charge in [-0.05, 0) is 42.0 Å². The van der Waals surface area contributed by atoms with Crippen LogP contribution in [0.5, 0.6) is 0 Å². The molecule has 0 spiro atoms. The van der Waals surface area contributed by atoms with E-state index in [0.717, 1.165) is 16.2 Å². The second-order valence-corrected chi connectivity index (χ2v) is 7.71. The zero-order valence-electron chi connectivity index (χ0n) is 17.0. The van der Waals surface area contributed by atoms with Gasteiger partial charge in [-0.2, -0.15) is 5.26 Å². The molecule has 31 heavy (non-hydrogen) atoms. The van der Waals surface area contributed by atoms with Gasteiger partial charge >= 0.3 is 29.6 Å². The maximum absolute atomic E-state index is 12.4. The van der Waals surface area contributed by atoms with Crippen molar-refractivity contribution in [2.45, 2.75) is 25.5 Å². The number of aliphatic carboxylic acids is 1. The molecule has 3 atom stereocenters. The third-order valence-electron chi connectivity index (χ3n) is 6.08. The SMILES string of the molecule is CC(O)C1C(=O)N2C(C(=O)[O-])=C(c3ccc4nc(C#N)c5ccccc5c4c3)CC12.[Na+]. The summed E-state index contributed by atoms with van der Waals surface area (Å²) in [6, 6.07) is 14.5. The Labute approximate surface area is 199 Å². The summed E-state index contributed by atoms with van der Waals surface area (Å²) in [6.45, 7) is 1.54. The quantitative estimate of drug-likeness (QED) is 0.307. The molecule has 148 valence electrons. The topological polar surface area (TPSA) is 117 Å². The molecule has 0 bridgehead atoms. The number of carboxylic acid groups (broad SMARTS) is 1. The molecule has 3 heterocycles. The minimum Gasteiger partial charge on any atom is -0.543 e. The summed E-state index contributed by atoms with van der Waals surface area (Å²) in [7, 11) is 0. The van der Waals surface area contributed by atoms with E-state index in [1.807, 2.05) is 30.3 Å². The molecular weight excluding hydrogens is 405 g/mol. The van der Waals surface area contributed by atoms with Crippen LogP contribution in [0, 0.1) is 17.2 Å². The molecule has 1 aromatic heterocycles. The van der Waals surface area contributed by atoms with Crippen LogP contribution in [0.4, 0.5) is 0 Å². The number of benzene rings is 2. The van der Waals surface area contributed by atoms with Crippen molar-refractivity contribution < 1.29 is 49.4 Å². The first-order valence-corrected chi connectivity index (χ1v) is 9.61. The molecule has 1 amide bonds. The van der Waals surface area contributed by atoms with Crippen molar-refractivity contribution in [1.29, 1.82) is 5.26 Å². The first-order valence-electron chi connectivity index (χ1n) is 9.61. The van der Waals surface area contributed by atoms with Gasteiger partial charge in [0.2, 0.25) is 5.91 Å². The van der Waals surface area contributed by atoms with Crippen molar-refractivity contribution in [3.8, 4) is 6.07 Å². The summed E-state index contributed by atoms with van der Waals surface area (Å²) in [6.07, 6.45) is -0.520. The molecule has 3 aromatic rings. The van der Waals surface area contributed by atoms with Gasteiger partial charge < -0.3 is 19.9 Å². The number of aliphatic hydroxyl groups is 1. The molecule has 1 saturated heterocycles. The van der Waals surface area contributed by atoms with E-state index in [4.69, 9.17) is 0 Å². The summed E-state index contributed by atoms with van der Waals surface area (Å²) < 4.78 is 0. The predicted octanol–water partition coefficient (Wildman–Crippen LogP) is -1.66. The van der Waals surface area contributed by atoms with Crippen LogP contribution < -0.4 is 34.7 Å². The Balaban J connectivity index is 0.00000231. The van der Waals surface area contributed by atoms with E-state index < -0.39 is 23.9 Å². The van der Waals surface area contributed by atoms with Crippen LogP contribution in [0.2, 0.25) is 0 Å². The Hall–Kier alpha value is -2.76. The van der Waals surface area contributed by atoms with Crippen LogP contribution in [-0.4, -0.2) is 39.0 Å². The Morgan fingerprint density at radius 1 is 1.26 bits per heavy atom. The molecule has 2 aliphatic heterocycles. The number of pyridine rings is 1. The van der Waals surface area contributed by atoms with Gasteiger partial charge in [0.1, 0.15) is 11.8 Å². The van der Waals surface area contributed by atoms with E-state index in [1.54, 1.807) is 12.1 Å². The van der Waals surface area contributed by atoms with Gasteiger partial charge in [-0.1, -0.05) is 30.3 Å². The molecule has 0 radical (unpaired) electrons. The van der Waals surface area contributed by atoms with E-state index in [0.29, 0.717) is 28.8 Å². The Kier molecular flexibility index (Phi) is 5.36. The molecule has 8 heteroatoms. The normalized spacial score (nSPS) is 20.8. The Morgan fingerprint density at radius 2 is 1.97 bits per heavy atom. The van der Waals surface area contributed by atoms with Crippen LogP contribution in [0.15, 0.2) is 48.2 Å². The van der Waals surface area contributed by atoms with Crippen molar-refractivity contribution in [3.63, 3.8) is 0 Å². The summed E-state index contributed by atoms with van der Waals surface area (Å²) in [5.41, 5.74) is 1.99. The van der Waals surface area contributed by atoms with Crippen molar-refractivity contribution in [2.24, 2.45) is 5.92 Å². The van der Waals surface area contributed by atoms with Crippen LogP contribution >= 0.6 is 0 Å². The van der Waals surface area contributed by atoms with Gasteiger partial charge in [0.25, 0.3) is 0 Å². The molecule has 5 rings (SSSR count). The van der Waals surface area contributed by atoms with E-state index in [-0.39, 0.29) is 41.3 Å². The van der Waals surface area contributed by atoms with Crippen LogP contribution in [0.25, 0.3) is 27.2 Å². The van der Waals surface area contributed by atoms with Gasteiger partial charge in [0, 0.05) is 10.8 Å². The van der Waals surface area contributed by atoms with Crippen LogP contribution in [-0.2, 0) is 9.59 Å². The molecule has 1 N–H and O–H groups in total. The molecule has 7 nitrogen and oxygen atoms in total. The number of carbonyl (C=O) groups is 2. The molecule has 2 aromatic carbocycles. The average molecular weight is 421 g/mol. The summed E-state index contributed by atoms with van der Waals surface area (Å²) in [4.78, 5) is 30.0. The number of carbonyl (C=O) groups excluding carboxylic acids is 2. The average Bonchev–Trinajstić information content (AvgIpc) is 3.07. The zero-order valence-corrected chi connectivity index (χ0v) is 19.0. The molecule has 0 saturated carbocycles. The summed E-state index contributed by atoms with van der Waals surface area (Å²) in [5.74, 6) is -2.42. The van der Waals surface area contributed by atoms with Gasteiger partial charge in [-0.3, -0.25) is 4.79 Å². The maximum Gasteiger partial charge on any atom is 1.00 e. The number of aromatic nitrogens is 1. The number of nitrogens with zero attached hydrogens (tertiary/aromatic N) is 3. The molecule has 2 aliphatic rings. The molecule has 0 aliphatic carbocycles. The minimum atomic E-state index is -1.41. The number of fused-ring (bicyclic) bond motifs is 4. The number of nitriles is 1. The van der Waals surface area contributed by atoms with Crippen molar-refractivity contribution in [3.05, 3.63) is 59.4 Å². The van der Waals surface area contributed by atoms with Gasteiger partial charge in [-0.15, -0.1) is 0 Å². The van der Waals surface area contributed by atoms with Crippen molar-refractivity contribution >= 4 is 39.1 Å². The van der Waals surface area contributed by atoms with Gasteiger partial charge in [0.05, 0.1) is 35.2 Å². The maximum atomic E-state index is 12.4. The van der Waals surface area contributed by atoms with Gasteiger partial charge in [-0.25, -0.2) is 4.98 Å². The Morgan fingerprint density at radius 3 is 2.61 bits per heavy atom. The van der Waals surface area contributed by atoms with Crippen LogP contribution in [0.3, 0.4) is 0 Å². The van der Waals surface area contributed by atoms with Crippen molar-refractivity contribution in [1.82, 2.24) is 9.88 Å². The zero-order chi connectivity index (χ0) is 21.2. The second-order valence-electron chi connectivity index (χ2n) is 7.71. The minimum absolute atomic E-state index is 0. The van der Waals surface area contributed by atoms with E-state index >= 15 is 0 Å². The number of β-lactam (4-membered cyclic amide) rings is 1. The number of aliphatic hydroxyl groups excluding tert-OH is 1. The van der Waals surface area contributed by atoms with E-state index in [1.165, 1.54) is 11.8 Å². The van der Waals surface area contributed by atoms with E-state index in [9.17, 15) is 25.1 Å². The molecule has 1 fully saturated rings. The Bertz CT molecular complexity index is 1340. The van der Waals surface area contributed by atoms with Gasteiger partial charge in [0.15, 0.2) is 0 Å². The largest absolute Gasteiger partial charge is 1.00 e. The second kappa shape index (κ2) is 7.74.